The highest BCUT2D eigenvalue weighted by Gasteiger charge is 2.32. The van der Waals surface area contributed by atoms with Crippen molar-refractivity contribution in [3.05, 3.63) is 59.2 Å². The Kier molecular flexibility index (Phi) is 4.96. The summed E-state index contributed by atoms with van der Waals surface area (Å²) in [4.78, 5) is 0. The van der Waals surface area contributed by atoms with Crippen molar-refractivity contribution in [2.75, 3.05) is 5.73 Å². The molecule has 0 unspecified atom stereocenters. The van der Waals surface area contributed by atoms with Gasteiger partial charge in [-0.15, -0.1) is 0 Å². The van der Waals surface area contributed by atoms with Gasteiger partial charge in [0.15, 0.2) is 0 Å². The van der Waals surface area contributed by atoms with Gasteiger partial charge in [0.05, 0.1) is 5.69 Å². The average molecular weight is 340 g/mol. The highest BCUT2D eigenvalue weighted by molar-refractivity contribution is 5.62. The Morgan fingerprint density at radius 1 is 0.840 bits per heavy atom. The largest absolute Gasteiger partial charge is 0.505 e. The predicted octanol–water partition coefficient (Wildman–Crippen LogP) is 6.01. The number of nitrogens with two attached hydrogens (primary N) is 1. The Balaban J connectivity index is 2.59. The van der Waals surface area contributed by atoms with E-state index >= 15 is 0 Å². The molecular formula is C23H33NO. The maximum atomic E-state index is 10.7. The molecule has 0 amide bonds. The molecule has 0 spiro atoms. The van der Waals surface area contributed by atoms with E-state index in [1.807, 2.05) is 24.3 Å². The van der Waals surface area contributed by atoms with Gasteiger partial charge >= 0.3 is 0 Å². The van der Waals surface area contributed by atoms with Crippen LogP contribution in [0.5, 0.6) is 5.75 Å². The van der Waals surface area contributed by atoms with Gasteiger partial charge in [0.2, 0.25) is 0 Å². The van der Waals surface area contributed by atoms with Crippen molar-refractivity contribution < 1.29 is 5.11 Å². The number of anilines is 1. The van der Waals surface area contributed by atoms with Gasteiger partial charge in [-0.05, 0) is 34.4 Å². The Hall–Kier alpha value is -1.96. The summed E-state index contributed by atoms with van der Waals surface area (Å²) in [5, 5.41) is 10.7. The molecule has 0 heterocycles. The van der Waals surface area contributed by atoms with E-state index in [2.05, 4.69) is 66.7 Å². The molecule has 0 aliphatic heterocycles. The van der Waals surface area contributed by atoms with Crippen LogP contribution in [0.3, 0.4) is 0 Å². The van der Waals surface area contributed by atoms with Gasteiger partial charge < -0.3 is 10.8 Å². The standard InChI is InChI=1S/C23H33NO/c1-21(2,3)15-22(4,5)17-13-18(20(25)19(24)14-17)23(6,7)16-11-9-8-10-12-16/h8-14,25H,15,24H2,1-7H3. The fraction of sp³-hybridized carbons (Fsp3) is 0.478. The lowest BCUT2D eigenvalue weighted by Gasteiger charge is -2.35. The SMILES string of the molecule is CC(C)(C)CC(C)(C)c1cc(N)c(O)c(C(C)(C)c2ccccc2)c1. The molecular weight excluding hydrogens is 306 g/mol. The number of hydrogen-bond donors (Lipinski definition) is 2. The van der Waals surface area contributed by atoms with Gasteiger partial charge in [-0.25, -0.2) is 0 Å². The zero-order chi connectivity index (χ0) is 19.0. The van der Waals surface area contributed by atoms with Gasteiger partial charge in [-0.3, -0.25) is 0 Å². The Labute approximate surface area is 153 Å². The third-order valence-corrected chi connectivity index (χ3v) is 5.06. The monoisotopic (exact) mass is 339 g/mol. The minimum absolute atomic E-state index is 0.0262. The van der Waals surface area contributed by atoms with Crippen molar-refractivity contribution in [1.82, 2.24) is 0 Å². The smallest absolute Gasteiger partial charge is 0.142 e. The number of hydrogen-bond acceptors (Lipinski definition) is 2. The van der Waals surface area contributed by atoms with E-state index < -0.39 is 0 Å². The Morgan fingerprint density at radius 3 is 1.92 bits per heavy atom. The summed E-state index contributed by atoms with van der Waals surface area (Å²) in [6, 6.07) is 14.4. The Morgan fingerprint density at radius 2 is 1.40 bits per heavy atom. The van der Waals surface area contributed by atoms with Crippen LogP contribution in [0.15, 0.2) is 42.5 Å². The van der Waals surface area contributed by atoms with E-state index in [-0.39, 0.29) is 22.0 Å². The second kappa shape index (κ2) is 6.40. The van der Waals surface area contributed by atoms with Crippen LogP contribution >= 0.6 is 0 Å². The van der Waals surface area contributed by atoms with Crippen molar-refractivity contribution >= 4 is 5.69 Å². The van der Waals surface area contributed by atoms with Gasteiger partial charge in [-0.2, -0.15) is 0 Å². The second-order valence-corrected chi connectivity index (χ2v) is 9.57. The molecule has 0 aromatic heterocycles. The maximum absolute atomic E-state index is 10.7. The van der Waals surface area contributed by atoms with E-state index in [0.717, 1.165) is 17.5 Å². The molecule has 2 heteroatoms. The first-order valence-corrected chi connectivity index (χ1v) is 9.03. The lowest BCUT2D eigenvalue weighted by molar-refractivity contribution is 0.284. The minimum atomic E-state index is -0.326. The van der Waals surface area contributed by atoms with Crippen LogP contribution in [0.4, 0.5) is 5.69 Å². The third-order valence-electron chi connectivity index (χ3n) is 5.06. The maximum Gasteiger partial charge on any atom is 0.142 e. The number of nitrogen functional groups attached to an aromatic ring is 1. The highest BCUT2D eigenvalue weighted by atomic mass is 16.3. The lowest BCUT2D eigenvalue weighted by Crippen LogP contribution is -2.26. The summed E-state index contributed by atoms with van der Waals surface area (Å²) in [6.45, 7) is 15.6. The zero-order valence-corrected chi connectivity index (χ0v) is 16.8. The summed E-state index contributed by atoms with van der Waals surface area (Å²) in [5.74, 6) is 0.198. The van der Waals surface area contributed by atoms with Crippen molar-refractivity contribution in [3.8, 4) is 5.75 Å². The van der Waals surface area contributed by atoms with Crippen molar-refractivity contribution in [3.63, 3.8) is 0 Å². The molecule has 2 aromatic carbocycles. The van der Waals surface area contributed by atoms with E-state index in [1.54, 1.807) is 0 Å². The van der Waals surface area contributed by atoms with Crippen molar-refractivity contribution in [2.24, 2.45) is 5.41 Å². The molecule has 2 rings (SSSR count). The normalized spacial score (nSPS) is 13.1. The summed E-state index contributed by atoms with van der Waals surface area (Å²) in [7, 11) is 0. The number of benzene rings is 2. The fourth-order valence-corrected chi connectivity index (χ4v) is 3.96. The van der Waals surface area contributed by atoms with Crippen LogP contribution in [0, 0.1) is 5.41 Å². The number of phenols is 1. The van der Waals surface area contributed by atoms with E-state index in [9.17, 15) is 5.11 Å². The lowest BCUT2D eigenvalue weighted by atomic mass is 9.70. The molecule has 2 nitrogen and oxygen atoms in total. The molecule has 0 aliphatic carbocycles. The second-order valence-electron chi connectivity index (χ2n) is 9.57. The average Bonchev–Trinajstić information content (AvgIpc) is 2.48. The predicted molar refractivity (Wildman–Crippen MR) is 108 cm³/mol. The topological polar surface area (TPSA) is 46.2 Å². The molecule has 2 aromatic rings. The van der Waals surface area contributed by atoms with Gasteiger partial charge in [0.1, 0.15) is 5.75 Å². The van der Waals surface area contributed by atoms with Gasteiger partial charge in [0.25, 0.3) is 0 Å². The van der Waals surface area contributed by atoms with E-state index in [4.69, 9.17) is 5.73 Å². The molecule has 25 heavy (non-hydrogen) atoms. The van der Waals surface area contributed by atoms with Crippen LogP contribution in [-0.4, -0.2) is 5.11 Å². The molecule has 0 atom stereocenters. The summed E-state index contributed by atoms with van der Waals surface area (Å²) in [6.07, 6.45) is 1.04. The first-order valence-electron chi connectivity index (χ1n) is 9.03. The number of rotatable bonds is 4. The first-order chi connectivity index (χ1) is 11.3. The molecule has 0 aliphatic rings. The summed E-state index contributed by atoms with van der Waals surface area (Å²) < 4.78 is 0. The van der Waals surface area contributed by atoms with Crippen LogP contribution in [0.2, 0.25) is 0 Å². The van der Waals surface area contributed by atoms with Gasteiger partial charge in [-0.1, -0.05) is 84.9 Å². The molecule has 0 bridgehead atoms. The minimum Gasteiger partial charge on any atom is -0.505 e. The van der Waals surface area contributed by atoms with Gasteiger partial charge in [0, 0.05) is 11.0 Å². The molecule has 3 N–H and O–H groups in total. The van der Waals surface area contributed by atoms with Crippen LogP contribution < -0.4 is 5.73 Å². The first kappa shape index (κ1) is 19.4. The molecule has 136 valence electrons. The molecule has 0 saturated heterocycles. The van der Waals surface area contributed by atoms with Crippen molar-refractivity contribution in [2.45, 2.75) is 65.7 Å². The van der Waals surface area contributed by atoms with E-state index in [1.165, 1.54) is 5.56 Å². The third kappa shape index (κ3) is 4.18. The van der Waals surface area contributed by atoms with Crippen LogP contribution in [0.1, 0.15) is 71.6 Å². The zero-order valence-electron chi connectivity index (χ0n) is 16.8. The van der Waals surface area contributed by atoms with Crippen LogP contribution in [0.25, 0.3) is 0 Å². The van der Waals surface area contributed by atoms with Crippen LogP contribution in [-0.2, 0) is 10.8 Å². The molecule has 0 saturated carbocycles. The summed E-state index contributed by atoms with van der Waals surface area (Å²) >= 11 is 0. The molecule has 0 fully saturated rings. The quantitative estimate of drug-likeness (QED) is 0.529. The van der Waals surface area contributed by atoms with E-state index in [0.29, 0.717) is 5.69 Å². The fourth-order valence-electron chi connectivity index (χ4n) is 3.96. The number of phenolic OH excluding ortho intramolecular Hbond substituents is 1. The highest BCUT2D eigenvalue weighted by Crippen LogP contribution is 2.44. The van der Waals surface area contributed by atoms with Crippen molar-refractivity contribution in [1.29, 1.82) is 0 Å². The summed E-state index contributed by atoms with van der Waals surface area (Å²) in [5.41, 5.74) is 9.75. The Bertz CT molecular complexity index is 737. The molecule has 0 radical (unpaired) electrons. The number of aromatic hydroxyl groups is 1.